The van der Waals surface area contributed by atoms with Gasteiger partial charge in [-0.2, -0.15) is 0 Å². The van der Waals surface area contributed by atoms with Crippen molar-refractivity contribution in [1.82, 2.24) is 5.32 Å². The summed E-state index contributed by atoms with van der Waals surface area (Å²) in [7, 11) is 0. The van der Waals surface area contributed by atoms with Crippen LogP contribution in [0, 0.1) is 0 Å². The van der Waals surface area contributed by atoms with Gasteiger partial charge in [0.05, 0.1) is 10.9 Å². The summed E-state index contributed by atoms with van der Waals surface area (Å²) < 4.78 is 0.834. The highest BCUT2D eigenvalue weighted by Crippen LogP contribution is 2.25. The summed E-state index contributed by atoms with van der Waals surface area (Å²) in [5.41, 5.74) is 0. The van der Waals surface area contributed by atoms with E-state index >= 15 is 0 Å². The van der Waals surface area contributed by atoms with Gasteiger partial charge in [-0.3, -0.25) is 4.99 Å². The van der Waals surface area contributed by atoms with Crippen molar-refractivity contribution >= 4 is 39.9 Å². The Labute approximate surface area is 109 Å². The van der Waals surface area contributed by atoms with E-state index in [-0.39, 0.29) is 0 Å². The Kier molecular flexibility index (Phi) is 4.16. The van der Waals surface area contributed by atoms with Crippen LogP contribution in [0.3, 0.4) is 0 Å². The van der Waals surface area contributed by atoms with E-state index in [1.54, 1.807) is 11.3 Å². The van der Waals surface area contributed by atoms with Crippen LogP contribution in [-0.2, 0) is 6.54 Å². The molecule has 2 unspecified atom stereocenters. The van der Waals surface area contributed by atoms with E-state index in [0.717, 1.165) is 16.0 Å². The number of amidine groups is 1. The van der Waals surface area contributed by atoms with Crippen LogP contribution in [0.4, 0.5) is 0 Å². The summed E-state index contributed by atoms with van der Waals surface area (Å²) in [5.74, 6) is 0. The molecule has 1 aromatic heterocycles. The summed E-state index contributed by atoms with van der Waals surface area (Å²) in [4.78, 5) is 5.80. The molecule has 0 spiro atoms. The number of thiophene rings is 1. The zero-order chi connectivity index (χ0) is 11.5. The summed E-state index contributed by atoms with van der Waals surface area (Å²) in [6.07, 6.45) is 1.20. The number of hydrogen-bond donors (Lipinski definition) is 1. The molecule has 1 aliphatic heterocycles. The van der Waals surface area contributed by atoms with Gasteiger partial charge in [0.1, 0.15) is 0 Å². The van der Waals surface area contributed by atoms with Gasteiger partial charge < -0.3 is 5.32 Å². The zero-order valence-electron chi connectivity index (χ0n) is 9.37. The van der Waals surface area contributed by atoms with Gasteiger partial charge >= 0.3 is 0 Å². The molecule has 1 saturated heterocycles. The van der Waals surface area contributed by atoms with Crippen molar-refractivity contribution in [1.29, 1.82) is 0 Å². The molecule has 88 valence electrons. The first-order valence-corrected chi connectivity index (χ1v) is 7.43. The molecule has 1 aliphatic rings. The van der Waals surface area contributed by atoms with Gasteiger partial charge in [-0.25, -0.2) is 0 Å². The maximum atomic E-state index is 5.88. The van der Waals surface area contributed by atoms with E-state index < -0.39 is 0 Å². The topological polar surface area (TPSA) is 24.4 Å². The second-order valence-corrected chi connectivity index (χ2v) is 7.26. The third kappa shape index (κ3) is 3.40. The Morgan fingerprint density at radius 2 is 2.31 bits per heavy atom. The van der Waals surface area contributed by atoms with Crippen LogP contribution < -0.4 is 5.32 Å². The van der Waals surface area contributed by atoms with Gasteiger partial charge in [-0.15, -0.1) is 11.3 Å². The quantitative estimate of drug-likeness (QED) is 0.888. The van der Waals surface area contributed by atoms with E-state index in [1.165, 1.54) is 11.3 Å². The highest BCUT2D eigenvalue weighted by molar-refractivity contribution is 8.14. The SMILES string of the molecule is CC1CC(C)SC(=NCc2ccc(Cl)s2)N1. The van der Waals surface area contributed by atoms with Gasteiger partial charge in [0, 0.05) is 16.2 Å². The predicted octanol–water partition coefficient (Wildman–Crippen LogP) is 3.76. The minimum absolute atomic E-state index is 0.530. The van der Waals surface area contributed by atoms with Crippen LogP contribution in [0.25, 0.3) is 0 Å². The fourth-order valence-electron chi connectivity index (χ4n) is 1.71. The predicted molar refractivity (Wildman–Crippen MR) is 74.7 cm³/mol. The molecule has 2 nitrogen and oxygen atoms in total. The highest BCUT2D eigenvalue weighted by atomic mass is 35.5. The highest BCUT2D eigenvalue weighted by Gasteiger charge is 2.19. The second kappa shape index (κ2) is 5.43. The van der Waals surface area contributed by atoms with E-state index in [0.29, 0.717) is 11.3 Å². The van der Waals surface area contributed by atoms with Crippen molar-refractivity contribution in [2.45, 2.75) is 38.1 Å². The van der Waals surface area contributed by atoms with Gasteiger partial charge in [0.2, 0.25) is 0 Å². The van der Waals surface area contributed by atoms with Crippen LogP contribution in [-0.4, -0.2) is 16.5 Å². The lowest BCUT2D eigenvalue weighted by molar-refractivity contribution is 0.597. The number of halogens is 1. The third-order valence-corrected chi connectivity index (χ3v) is 4.66. The summed E-state index contributed by atoms with van der Waals surface area (Å²) in [6.45, 7) is 5.18. The first-order valence-electron chi connectivity index (χ1n) is 5.35. The lowest BCUT2D eigenvalue weighted by Gasteiger charge is -2.26. The van der Waals surface area contributed by atoms with E-state index in [2.05, 4.69) is 24.2 Å². The average Bonchev–Trinajstić information content (AvgIpc) is 2.60. The van der Waals surface area contributed by atoms with Crippen molar-refractivity contribution in [2.75, 3.05) is 0 Å². The largest absolute Gasteiger partial charge is 0.362 e. The number of hydrogen-bond acceptors (Lipinski definition) is 3. The van der Waals surface area contributed by atoms with Crippen molar-refractivity contribution in [3.63, 3.8) is 0 Å². The van der Waals surface area contributed by atoms with Crippen molar-refractivity contribution < 1.29 is 0 Å². The number of nitrogens with zero attached hydrogens (tertiary/aromatic N) is 1. The molecule has 0 radical (unpaired) electrons. The lowest BCUT2D eigenvalue weighted by atomic mass is 10.2. The molecule has 2 rings (SSSR count). The Morgan fingerprint density at radius 3 is 2.94 bits per heavy atom. The summed E-state index contributed by atoms with van der Waals surface area (Å²) in [6, 6.07) is 4.49. The Bertz CT molecular complexity index is 377. The molecule has 2 atom stereocenters. The summed E-state index contributed by atoms with van der Waals surface area (Å²) in [5, 5.41) is 5.13. The van der Waals surface area contributed by atoms with Crippen LogP contribution in [0.5, 0.6) is 0 Å². The number of rotatable bonds is 2. The van der Waals surface area contributed by atoms with Crippen LogP contribution in [0.1, 0.15) is 25.1 Å². The van der Waals surface area contributed by atoms with Gasteiger partial charge in [0.15, 0.2) is 5.17 Å². The fraction of sp³-hybridized carbons (Fsp3) is 0.545. The normalized spacial score (nSPS) is 28.1. The Balaban J connectivity index is 1.96. The number of thioether (sulfide) groups is 1. The second-order valence-electron chi connectivity index (χ2n) is 4.04. The van der Waals surface area contributed by atoms with Crippen molar-refractivity contribution in [3.8, 4) is 0 Å². The van der Waals surface area contributed by atoms with Crippen molar-refractivity contribution in [3.05, 3.63) is 21.3 Å². The molecule has 0 bridgehead atoms. The molecule has 2 heterocycles. The molecule has 0 saturated carbocycles. The van der Waals surface area contributed by atoms with Gasteiger partial charge in [-0.1, -0.05) is 30.3 Å². The molecule has 0 aliphatic carbocycles. The zero-order valence-corrected chi connectivity index (χ0v) is 11.8. The van der Waals surface area contributed by atoms with E-state index in [9.17, 15) is 0 Å². The van der Waals surface area contributed by atoms with Crippen molar-refractivity contribution in [2.24, 2.45) is 4.99 Å². The van der Waals surface area contributed by atoms with Crippen LogP contribution in [0.15, 0.2) is 17.1 Å². The Hall–Kier alpha value is -0.190. The standard InChI is InChI=1S/C11H15ClN2S2/c1-7-5-8(2)15-11(14-7)13-6-9-3-4-10(12)16-9/h3-4,7-8H,5-6H2,1-2H3,(H,13,14). The first-order chi connectivity index (χ1) is 7.63. The van der Waals surface area contributed by atoms with Crippen LogP contribution >= 0.6 is 34.7 Å². The molecular formula is C11H15ClN2S2. The average molecular weight is 275 g/mol. The lowest BCUT2D eigenvalue weighted by Crippen LogP contribution is -2.38. The first kappa shape index (κ1) is 12.3. The van der Waals surface area contributed by atoms with Gasteiger partial charge in [0.25, 0.3) is 0 Å². The van der Waals surface area contributed by atoms with E-state index in [4.69, 9.17) is 11.6 Å². The molecule has 16 heavy (non-hydrogen) atoms. The molecule has 5 heteroatoms. The number of aliphatic imine (C=N–C) groups is 1. The maximum Gasteiger partial charge on any atom is 0.157 e. The molecule has 1 aromatic rings. The van der Waals surface area contributed by atoms with E-state index in [1.807, 2.05) is 23.9 Å². The minimum Gasteiger partial charge on any atom is -0.362 e. The summed E-state index contributed by atoms with van der Waals surface area (Å²) >= 11 is 9.30. The minimum atomic E-state index is 0.530. The molecule has 0 amide bonds. The van der Waals surface area contributed by atoms with Gasteiger partial charge in [-0.05, 0) is 25.5 Å². The smallest absolute Gasteiger partial charge is 0.157 e. The molecule has 0 aromatic carbocycles. The monoisotopic (exact) mass is 274 g/mol. The molecule has 1 N–H and O–H groups in total. The Morgan fingerprint density at radius 1 is 1.50 bits per heavy atom. The number of nitrogens with one attached hydrogen (secondary N) is 1. The molecule has 1 fully saturated rings. The maximum absolute atomic E-state index is 5.88. The fourth-order valence-corrected chi connectivity index (χ4v) is 3.90. The van der Waals surface area contributed by atoms with Crippen LogP contribution in [0.2, 0.25) is 4.34 Å². The third-order valence-electron chi connectivity index (χ3n) is 2.38. The molecular weight excluding hydrogens is 260 g/mol.